The zero-order valence-electron chi connectivity index (χ0n) is 7.42. The van der Waals surface area contributed by atoms with Crippen molar-refractivity contribution in [1.82, 2.24) is 0 Å². The van der Waals surface area contributed by atoms with Crippen molar-refractivity contribution in [2.24, 2.45) is 0 Å². The molecule has 0 fully saturated rings. The van der Waals surface area contributed by atoms with E-state index in [4.69, 9.17) is 16.3 Å². The first-order chi connectivity index (χ1) is 6.24. The van der Waals surface area contributed by atoms with Gasteiger partial charge in [0.15, 0.2) is 0 Å². The van der Waals surface area contributed by atoms with Crippen molar-refractivity contribution in [2.75, 3.05) is 0 Å². The van der Waals surface area contributed by atoms with Crippen molar-refractivity contribution in [1.29, 1.82) is 0 Å². The molecule has 0 unspecified atom stereocenters. The van der Waals surface area contributed by atoms with Crippen LogP contribution in [0, 0.1) is 0 Å². The molecule has 1 aromatic carbocycles. The predicted molar refractivity (Wildman–Crippen MR) is 52.3 cm³/mol. The lowest BCUT2D eigenvalue weighted by atomic mass is 10.1. The van der Waals surface area contributed by atoms with Crippen LogP contribution in [-0.2, 0) is 6.42 Å². The van der Waals surface area contributed by atoms with Gasteiger partial charge in [-0.15, -0.1) is 0 Å². The number of halogens is 1. The molecule has 70 valence electrons. The summed E-state index contributed by atoms with van der Waals surface area (Å²) in [4.78, 5) is 10.5. The molecular formula is C10H11ClO2. The summed E-state index contributed by atoms with van der Waals surface area (Å²) in [6.07, 6.45) is 1.90. The molecule has 0 aliphatic heterocycles. The second kappa shape index (κ2) is 4.87. The van der Waals surface area contributed by atoms with Crippen LogP contribution in [0.5, 0.6) is 5.75 Å². The number of para-hydroxylation sites is 1. The second-order valence-corrected chi connectivity index (χ2v) is 3.01. The highest BCUT2D eigenvalue weighted by molar-refractivity contribution is 6.61. The maximum absolute atomic E-state index is 10.5. The minimum absolute atomic E-state index is 0.560. The third-order valence-corrected chi connectivity index (χ3v) is 1.76. The van der Waals surface area contributed by atoms with Crippen LogP contribution in [0.1, 0.15) is 18.9 Å². The van der Waals surface area contributed by atoms with E-state index in [0.717, 1.165) is 18.4 Å². The molecule has 0 bridgehead atoms. The highest BCUT2D eigenvalue weighted by Crippen LogP contribution is 2.20. The van der Waals surface area contributed by atoms with E-state index < -0.39 is 5.43 Å². The van der Waals surface area contributed by atoms with Gasteiger partial charge in [-0.2, -0.15) is 0 Å². The molecule has 0 aliphatic rings. The molecule has 3 heteroatoms. The van der Waals surface area contributed by atoms with E-state index >= 15 is 0 Å². The Labute approximate surface area is 82.5 Å². The van der Waals surface area contributed by atoms with E-state index in [0.29, 0.717) is 5.75 Å². The molecule has 1 aromatic rings. The van der Waals surface area contributed by atoms with Gasteiger partial charge in [-0.3, -0.25) is 0 Å². The van der Waals surface area contributed by atoms with Gasteiger partial charge in [0.1, 0.15) is 5.75 Å². The highest BCUT2D eigenvalue weighted by atomic mass is 35.5. The first-order valence-corrected chi connectivity index (χ1v) is 4.57. The largest absolute Gasteiger partial charge is 0.414 e. The van der Waals surface area contributed by atoms with Crippen LogP contribution in [0.4, 0.5) is 4.79 Å². The minimum atomic E-state index is -0.788. The monoisotopic (exact) mass is 198 g/mol. The zero-order chi connectivity index (χ0) is 9.68. The Morgan fingerprint density at radius 3 is 2.77 bits per heavy atom. The fourth-order valence-corrected chi connectivity index (χ4v) is 1.25. The Bertz CT molecular complexity index is 297. The van der Waals surface area contributed by atoms with E-state index in [1.54, 1.807) is 6.07 Å². The van der Waals surface area contributed by atoms with Crippen molar-refractivity contribution in [3.05, 3.63) is 29.8 Å². The van der Waals surface area contributed by atoms with Gasteiger partial charge in [0.25, 0.3) is 0 Å². The molecule has 0 spiro atoms. The molecule has 0 amide bonds. The number of hydrogen-bond donors (Lipinski definition) is 0. The summed E-state index contributed by atoms with van der Waals surface area (Å²) in [5.41, 5.74) is 0.225. The molecule has 2 nitrogen and oxygen atoms in total. The zero-order valence-corrected chi connectivity index (χ0v) is 8.17. The maximum atomic E-state index is 10.5. The molecule has 0 saturated carbocycles. The van der Waals surface area contributed by atoms with Gasteiger partial charge in [0, 0.05) is 11.6 Å². The molecule has 0 N–H and O–H groups in total. The normalized spacial score (nSPS) is 9.69. The average molecular weight is 199 g/mol. The van der Waals surface area contributed by atoms with Crippen molar-refractivity contribution >= 4 is 17.0 Å². The Morgan fingerprint density at radius 2 is 2.15 bits per heavy atom. The van der Waals surface area contributed by atoms with E-state index in [1.807, 2.05) is 18.2 Å². The highest BCUT2D eigenvalue weighted by Gasteiger charge is 2.04. The van der Waals surface area contributed by atoms with E-state index in [9.17, 15) is 4.79 Å². The Kier molecular flexibility index (Phi) is 3.77. The molecule has 1 rings (SSSR count). The molecule has 0 heterocycles. The van der Waals surface area contributed by atoms with Crippen molar-refractivity contribution in [2.45, 2.75) is 19.8 Å². The number of ether oxygens (including phenoxy) is 1. The van der Waals surface area contributed by atoms with Gasteiger partial charge in [0.05, 0.1) is 0 Å². The second-order valence-electron chi connectivity index (χ2n) is 2.70. The van der Waals surface area contributed by atoms with Gasteiger partial charge < -0.3 is 4.74 Å². The Balaban J connectivity index is 2.84. The SMILES string of the molecule is CCCc1ccccc1OC(=O)Cl. The summed E-state index contributed by atoms with van der Waals surface area (Å²) >= 11 is 5.12. The standard InChI is InChI=1S/C10H11ClO2/c1-2-5-8-6-3-4-7-9(8)13-10(11)12/h3-4,6-7H,2,5H2,1H3. The number of hydrogen-bond acceptors (Lipinski definition) is 2. The molecule has 0 aromatic heterocycles. The first kappa shape index (κ1) is 10.1. The summed E-state index contributed by atoms with van der Waals surface area (Å²) in [5.74, 6) is 0.560. The van der Waals surface area contributed by atoms with Gasteiger partial charge >= 0.3 is 5.43 Å². The number of rotatable bonds is 3. The summed E-state index contributed by atoms with van der Waals surface area (Å²) in [6, 6.07) is 7.40. The number of carbonyl (C=O) groups excluding carboxylic acids is 1. The molecule has 0 radical (unpaired) electrons. The number of carbonyl (C=O) groups is 1. The lowest BCUT2D eigenvalue weighted by molar-refractivity contribution is 0.225. The third kappa shape index (κ3) is 3.07. The van der Waals surface area contributed by atoms with Crippen LogP contribution in [-0.4, -0.2) is 5.43 Å². The van der Waals surface area contributed by atoms with Gasteiger partial charge in [0.2, 0.25) is 0 Å². The number of aryl methyl sites for hydroxylation is 1. The smallest absolute Gasteiger partial charge is 0.409 e. The summed E-state index contributed by atoms with van der Waals surface area (Å²) in [6.45, 7) is 2.07. The summed E-state index contributed by atoms with van der Waals surface area (Å²) in [5, 5.41) is 0. The summed E-state index contributed by atoms with van der Waals surface area (Å²) in [7, 11) is 0. The number of benzene rings is 1. The van der Waals surface area contributed by atoms with Gasteiger partial charge in [-0.05, 0) is 18.1 Å². The third-order valence-electron chi connectivity index (χ3n) is 1.68. The molecule has 0 aliphatic carbocycles. The molecular weight excluding hydrogens is 188 g/mol. The lowest BCUT2D eigenvalue weighted by Crippen LogP contribution is -1.99. The van der Waals surface area contributed by atoms with E-state index in [2.05, 4.69) is 6.92 Å². The molecule has 13 heavy (non-hydrogen) atoms. The molecule has 0 saturated heterocycles. The fourth-order valence-electron chi connectivity index (χ4n) is 1.17. The lowest BCUT2D eigenvalue weighted by Gasteiger charge is -2.05. The Morgan fingerprint density at radius 1 is 1.46 bits per heavy atom. The van der Waals surface area contributed by atoms with Crippen molar-refractivity contribution < 1.29 is 9.53 Å². The van der Waals surface area contributed by atoms with Crippen LogP contribution >= 0.6 is 11.6 Å². The predicted octanol–water partition coefficient (Wildman–Crippen LogP) is 3.38. The minimum Gasteiger partial charge on any atom is -0.414 e. The van der Waals surface area contributed by atoms with Crippen LogP contribution in [0.15, 0.2) is 24.3 Å². The van der Waals surface area contributed by atoms with Gasteiger partial charge in [-0.1, -0.05) is 31.5 Å². The topological polar surface area (TPSA) is 26.3 Å². The average Bonchev–Trinajstić information content (AvgIpc) is 2.08. The van der Waals surface area contributed by atoms with E-state index in [-0.39, 0.29) is 0 Å². The quantitative estimate of drug-likeness (QED) is 0.696. The van der Waals surface area contributed by atoms with Crippen molar-refractivity contribution in [3.63, 3.8) is 0 Å². The molecule has 0 atom stereocenters. The van der Waals surface area contributed by atoms with Crippen LogP contribution in [0.2, 0.25) is 0 Å². The fraction of sp³-hybridized carbons (Fsp3) is 0.300. The van der Waals surface area contributed by atoms with Gasteiger partial charge in [-0.25, -0.2) is 4.79 Å². The van der Waals surface area contributed by atoms with E-state index in [1.165, 1.54) is 0 Å². The van der Waals surface area contributed by atoms with Crippen LogP contribution < -0.4 is 4.74 Å². The van der Waals surface area contributed by atoms with Crippen LogP contribution in [0.3, 0.4) is 0 Å². The summed E-state index contributed by atoms with van der Waals surface area (Å²) < 4.78 is 4.82. The van der Waals surface area contributed by atoms with Crippen molar-refractivity contribution in [3.8, 4) is 5.75 Å². The Hall–Kier alpha value is -1.02. The van der Waals surface area contributed by atoms with Crippen LogP contribution in [0.25, 0.3) is 0 Å². The first-order valence-electron chi connectivity index (χ1n) is 4.19. The maximum Gasteiger partial charge on any atom is 0.409 e.